The first-order chi connectivity index (χ1) is 10.0. The maximum absolute atomic E-state index is 11.9. The zero-order chi connectivity index (χ0) is 15.4. The van der Waals surface area contributed by atoms with Crippen molar-refractivity contribution in [1.82, 2.24) is 9.78 Å². The average molecular weight is 286 g/mol. The Bertz CT molecular complexity index is 719. The number of nitrogens with one attached hydrogen (secondary N) is 1. The second kappa shape index (κ2) is 6.00. The van der Waals surface area contributed by atoms with E-state index in [0.717, 1.165) is 0 Å². The number of benzene rings is 1. The van der Waals surface area contributed by atoms with Gasteiger partial charge < -0.3 is 5.32 Å². The van der Waals surface area contributed by atoms with E-state index in [1.54, 1.807) is 38.5 Å². The minimum absolute atomic E-state index is 0.0338. The molecule has 0 atom stereocenters. The molecule has 0 aliphatic heterocycles. The van der Waals surface area contributed by atoms with E-state index in [4.69, 9.17) is 0 Å². The van der Waals surface area contributed by atoms with Crippen LogP contribution in [-0.2, 0) is 7.05 Å². The van der Waals surface area contributed by atoms with Gasteiger partial charge in [-0.1, -0.05) is 12.1 Å². The molecule has 0 fully saturated rings. The van der Waals surface area contributed by atoms with Gasteiger partial charge in [0.2, 0.25) is 0 Å². The van der Waals surface area contributed by atoms with Crippen LogP contribution in [0.3, 0.4) is 0 Å². The van der Waals surface area contributed by atoms with E-state index in [9.17, 15) is 14.9 Å². The first-order valence-corrected chi connectivity index (χ1v) is 6.18. The summed E-state index contributed by atoms with van der Waals surface area (Å²) >= 11 is 0. The van der Waals surface area contributed by atoms with Crippen molar-refractivity contribution < 1.29 is 9.72 Å². The molecule has 0 unspecified atom stereocenters. The van der Waals surface area contributed by atoms with E-state index in [2.05, 4.69) is 10.4 Å². The van der Waals surface area contributed by atoms with Gasteiger partial charge in [0.05, 0.1) is 16.7 Å². The van der Waals surface area contributed by atoms with Crippen molar-refractivity contribution in [3.05, 3.63) is 57.9 Å². The fourth-order valence-electron chi connectivity index (χ4n) is 1.83. The molecule has 0 saturated heterocycles. The lowest BCUT2D eigenvalue weighted by molar-refractivity contribution is -0.383. The Morgan fingerprint density at radius 3 is 2.81 bits per heavy atom. The Morgan fingerprint density at radius 1 is 1.48 bits per heavy atom. The van der Waals surface area contributed by atoms with E-state index in [0.29, 0.717) is 16.8 Å². The molecule has 0 amide bonds. The summed E-state index contributed by atoms with van der Waals surface area (Å²) in [6.45, 7) is 0. The van der Waals surface area contributed by atoms with Crippen molar-refractivity contribution in [3.8, 4) is 0 Å². The van der Waals surface area contributed by atoms with Crippen molar-refractivity contribution in [2.24, 2.45) is 7.05 Å². The maximum Gasteiger partial charge on any atom is 0.292 e. The van der Waals surface area contributed by atoms with Crippen LogP contribution >= 0.6 is 0 Å². The number of carbonyl (C=O) groups excluding carboxylic acids is 1. The highest BCUT2D eigenvalue weighted by atomic mass is 16.6. The summed E-state index contributed by atoms with van der Waals surface area (Å²) in [5.74, 6) is -0.205. The van der Waals surface area contributed by atoms with Crippen LogP contribution in [0.15, 0.2) is 36.7 Å². The smallest absolute Gasteiger partial charge is 0.292 e. The molecule has 2 rings (SSSR count). The standard InChI is InChI=1S/C14H14N4O3/c1-15-12-5-3-10(7-13(12)18(20)21)4-6-14(19)11-8-16-17(2)9-11/h3-9,15H,1-2H3/b6-4+. The zero-order valence-corrected chi connectivity index (χ0v) is 11.6. The monoisotopic (exact) mass is 286 g/mol. The molecule has 0 spiro atoms. The molecule has 1 N–H and O–H groups in total. The summed E-state index contributed by atoms with van der Waals surface area (Å²) in [5, 5.41) is 17.6. The van der Waals surface area contributed by atoms with E-state index < -0.39 is 4.92 Å². The highest BCUT2D eigenvalue weighted by molar-refractivity contribution is 6.06. The minimum Gasteiger partial charge on any atom is -0.383 e. The third-order valence-corrected chi connectivity index (χ3v) is 2.90. The molecule has 108 valence electrons. The van der Waals surface area contributed by atoms with Gasteiger partial charge in [-0.3, -0.25) is 19.6 Å². The molecule has 7 nitrogen and oxygen atoms in total. The Hall–Kier alpha value is -2.96. The van der Waals surface area contributed by atoms with E-state index in [1.807, 2.05) is 0 Å². The van der Waals surface area contributed by atoms with Crippen LogP contribution in [0.25, 0.3) is 6.08 Å². The fraction of sp³-hybridized carbons (Fsp3) is 0.143. The molecule has 0 bridgehead atoms. The Morgan fingerprint density at radius 2 is 2.24 bits per heavy atom. The molecular formula is C14H14N4O3. The molecule has 2 aromatic rings. The van der Waals surface area contributed by atoms with E-state index in [-0.39, 0.29) is 11.5 Å². The summed E-state index contributed by atoms with van der Waals surface area (Å²) in [6.07, 6.45) is 6.00. The molecule has 1 aromatic carbocycles. The minimum atomic E-state index is -0.466. The lowest BCUT2D eigenvalue weighted by Crippen LogP contribution is -1.97. The lowest BCUT2D eigenvalue weighted by Gasteiger charge is -2.02. The topological polar surface area (TPSA) is 90.1 Å². The predicted molar refractivity (Wildman–Crippen MR) is 79.2 cm³/mol. The number of aromatic nitrogens is 2. The van der Waals surface area contributed by atoms with Gasteiger partial charge >= 0.3 is 0 Å². The number of allylic oxidation sites excluding steroid dienone is 1. The second-order valence-corrected chi connectivity index (χ2v) is 4.38. The Balaban J connectivity index is 2.23. The molecule has 0 radical (unpaired) electrons. The van der Waals surface area contributed by atoms with Crippen molar-refractivity contribution in [1.29, 1.82) is 0 Å². The molecule has 0 aliphatic rings. The number of carbonyl (C=O) groups is 1. The predicted octanol–water partition coefficient (Wildman–Crippen LogP) is 2.27. The fourth-order valence-corrected chi connectivity index (χ4v) is 1.83. The lowest BCUT2D eigenvalue weighted by atomic mass is 10.1. The quantitative estimate of drug-likeness (QED) is 0.394. The first-order valence-electron chi connectivity index (χ1n) is 6.18. The van der Waals surface area contributed by atoms with Crippen molar-refractivity contribution in [3.63, 3.8) is 0 Å². The van der Waals surface area contributed by atoms with E-state index in [1.165, 1.54) is 23.0 Å². The van der Waals surface area contributed by atoms with Crippen LogP contribution in [0.1, 0.15) is 15.9 Å². The third kappa shape index (κ3) is 3.33. The molecular weight excluding hydrogens is 272 g/mol. The van der Waals surface area contributed by atoms with Gasteiger partial charge in [0, 0.05) is 26.4 Å². The zero-order valence-electron chi connectivity index (χ0n) is 11.6. The number of rotatable bonds is 5. The maximum atomic E-state index is 11.9. The number of ketones is 1. The normalized spacial score (nSPS) is 10.8. The largest absolute Gasteiger partial charge is 0.383 e. The molecule has 0 saturated carbocycles. The third-order valence-electron chi connectivity index (χ3n) is 2.90. The summed E-state index contributed by atoms with van der Waals surface area (Å²) in [4.78, 5) is 22.4. The highest BCUT2D eigenvalue weighted by Crippen LogP contribution is 2.25. The molecule has 1 heterocycles. The van der Waals surface area contributed by atoms with Gasteiger partial charge in [-0.05, 0) is 17.7 Å². The number of aryl methyl sites for hydroxylation is 1. The van der Waals surface area contributed by atoms with Crippen LogP contribution in [0, 0.1) is 10.1 Å². The first kappa shape index (κ1) is 14.4. The van der Waals surface area contributed by atoms with Crippen LogP contribution < -0.4 is 5.32 Å². The number of nitro groups is 1. The molecule has 0 aliphatic carbocycles. The van der Waals surface area contributed by atoms with Gasteiger partial charge in [-0.25, -0.2) is 0 Å². The van der Waals surface area contributed by atoms with Crippen molar-refractivity contribution in [2.75, 3.05) is 12.4 Å². The summed E-state index contributed by atoms with van der Waals surface area (Å²) in [7, 11) is 3.34. The second-order valence-electron chi connectivity index (χ2n) is 4.38. The van der Waals surface area contributed by atoms with Crippen LogP contribution in [0.4, 0.5) is 11.4 Å². The van der Waals surface area contributed by atoms with Crippen LogP contribution in [0.5, 0.6) is 0 Å². The number of nitrogens with zero attached hydrogens (tertiary/aromatic N) is 3. The number of hydrogen-bond donors (Lipinski definition) is 1. The van der Waals surface area contributed by atoms with Crippen molar-refractivity contribution in [2.45, 2.75) is 0 Å². The van der Waals surface area contributed by atoms with E-state index >= 15 is 0 Å². The van der Waals surface area contributed by atoms with Gasteiger partial charge in [0.25, 0.3) is 5.69 Å². The summed E-state index contributed by atoms with van der Waals surface area (Å²) in [6, 6.07) is 4.72. The average Bonchev–Trinajstić information content (AvgIpc) is 2.91. The number of anilines is 1. The molecule has 21 heavy (non-hydrogen) atoms. The van der Waals surface area contributed by atoms with Crippen molar-refractivity contribution >= 4 is 23.2 Å². The summed E-state index contributed by atoms with van der Waals surface area (Å²) in [5.41, 5.74) is 1.44. The van der Waals surface area contributed by atoms with Crippen LogP contribution in [0.2, 0.25) is 0 Å². The SMILES string of the molecule is CNc1ccc(/C=C/C(=O)c2cnn(C)c2)cc1[N+](=O)[O-]. The van der Waals surface area contributed by atoms with Gasteiger partial charge in [-0.15, -0.1) is 0 Å². The Kier molecular flexibility index (Phi) is 4.13. The van der Waals surface area contributed by atoms with Gasteiger partial charge in [0.15, 0.2) is 5.78 Å². The molecule has 1 aromatic heterocycles. The molecule has 7 heteroatoms. The number of nitro benzene ring substituents is 1. The summed E-state index contributed by atoms with van der Waals surface area (Å²) < 4.78 is 1.54. The highest BCUT2D eigenvalue weighted by Gasteiger charge is 2.12. The Labute approximate surface area is 121 Å². The van der Waals surface area contributed by atoms with Crippen LogP contribution in [-0.4, -0.2) is 27.5 Å². The van der Waals surface area contributed by atoms with Gasteiger partial charge in [0.1, 0.15) is 5.69 Å². The number of hydrogen-bond acceptors (Lipinski definition) is 5. The van der Waals surface area contributed by atoms with Gasteiger partial charge in [-0.2, -0.15) is 5.10 Å².